The third-order valence-electron chi connectivity index (χ3n) is 2.41. The zero-order chi connectivity index (χ0) is 12.6. The molecule has 0 aliphatic rings. The van der Waals surface area contributed by atoms with E-state index in [1.54, 1.807) is 0 Å². The number of nitrogens with zero attached hydrogens (tertiary/aromatic N) is 1. The molecule has 0 aliphatic heterocycles. The molecule has 0 radical (unpaired) electrons. The summed E-state index contributed by atoms with van der Waals surface area (Å²) in [7, 11) is 0. The van der Waals surface area contributed by atoms with Crippen LogP contribution in [0.2, 0.25) is 0 Å². The van der Waals surface area contributed by atoms with Crippen molar-refractivity contribution in [2.45, 2.75) is 6.92 Å². The molecule has 0 aliphatic carbocycles. The number of rotatable bonds is 4. The van der Waals surface area contributed by atoms with E-state index in [9.17, 15) is 0 Å². The van der Waals surface area contributed by atoms with Crippen LogP contribution >= 0.6 is 0 Å². The predicted octanol–water partition coefficient (Wildman–Crippen LogP) is 4.40. The van der Waals surface area contributed by atoms with Gasteiger partial charge in [0.15, 0.2) is 0 Å². The molecule has 2 nitrogen and oxygen atoms in total. The van der Waals surface area contributed by atoms with Crippen LogP contribution in [-0.4, -0.2) is 6.21 Å². The number of hydrogen-bond donors (Lipinski definition) is 1. The molecule has 2 heteroatoms. The first-order valence-electron chi connectivity index (χ1n) is 5.92. The highest BCUT2D eigenvalue weighted by Crippen LogP contribution is 2.10. The number of nitrogens with one attached hydrogen (secondary N) is 1. The Morgan fingerprint density at radius 1 is 0.944 bits per heavy atom. The summed E-state index contributed by atoms with van der Waals surface area (Å²) in [5.41, 5.74) is 3.11. The summed E-state index contributed by atoms with van der Waals surface area (Å²) in [5, 5.41) is 3.23. The average Bonchev–Trinajstić information content (AvgIpc) is 2.45. The van der Waals surface area contributed by atoms with E-state index < -0.39 is 0 Å². The van der Waals surface area contributed by atoms with Gasteiger partial charge < -0.3 is 5.32 Å². The lowest BCUT2D eigenvalue weighted by Crippen LogP contribution is -1.89. The molecule has 2 aromatic carbocycles. The molecule has 0 amide bonds. The van der Waals surface area contributed by atoms with Gasteiger partial charge in [-0.05, 0) is 36.8 Å². The summed E-state index contributed by atoms with van der Waals surface area (Å²) in [6, 6.07) is 20.0. The lowest BCUT2D eigenvalue weighted by Gasteiger charge is -2.00. The fourth-order valence-corrected chi connectivity index (χ4v) is 1.46. The van der Waals surface area contributed by atoms with Crippen molar-refractivity contribution in [1.82, 2.24) is 0 Å². The molecule has 0 fully saturated rings. The second kappa shape index (κ2) is 6.40. The zero-order valence-electron chi connectivity index (χ0n) is 10.4. The van der Waals surface area contributed by atoms with Crippen molar-refractivity contribution >= 4 is 17.6 Å². The van der Waals surface area contributed by atoms with Gasteiger partial charge in [-0.1, -0.05) is 36.4 Å². The second-order valence-corrected chi connectivity index (χ2v) is 3.99. The highest BCUT2D eigenvalue weighted by Gasteiger charge is 1.87. The summed E-state index contributed by atoms with van der Waals surface area (Å²) in [4.78, 5) is 4.39. The van der Waals surface area contributed by atoms with Gasteiger partial charge in [0.25, 0.3) is 0 Å². The number of benzene rings is 2. The molecule has 0 saturated heterocycles. The molecule has 90 valence electrons. The van der Waals surface area contributed by atoms with Crippen molar-refractivity contribution in [2.24, 2.45) is 4.99 Å². The molecule has 18 heavy (non-hydrogen) atoms. The number of allylic oxidation sites excluding steroid dienone is 1. The number of para-hydroxylation sites is 2. The Hall–Kier alpha value is -2.35. The lowest BCUT2D eigenvalue weighted by atomic mass is 10.3. The van der Waals surface area contributed by atoms with Crippen molar-refractivity contribution in [3.63, 3.8) is 0 Å². The van der Waals surface area contributed by atoms with E-state index in [0.717, 1.165) is 16.9 Å². The molecule has 0 atom stereocenters. The van der Waals surface area contributed by atoms with Crippen LogP contribution in [0.4, 0.5) is 11.4 Å². The van der Waals surface area contributed by atoms with E-state index in [1.807, 2.05) is 80.0 Å². The zero-order valence-corrected chi connectivity index (χ0v) is 10.4. The van der Waals surface area contributed by atoms with Crippen molar-refractivity contribution < 1.29 is 0 Å². The normalized spacial score (nSPS) is 11.7. The molecule has 2 rings (SSSR count). The van der Waals surface area contributed by atoms with E-state index in [-0.39, 0.29) is 0 Å². The Bertz CT molecular complexity index is 528. The fourth-order valence-electron chi connectivity index (χ4n) is 1.46. The van der Waals surface area contributed by atoms with Crippen molar-refractivity contribution in [2.75, 3.05) is 5.32 Å². The van der Waals surface area contributed by atoms with Crippen LogP contribution in [-0.2, 0) is 0 Å². The molecule has 0 heterocycles. The first-order chi connectivity index (χ1) is 8.84. The third kappa shape index (κ3) is 3.91. The Labute approximate surface area is 108 Å². The van der Waals surface area contributed by atoms with Gasteiger partial charge >= 0.3 is 0 Å². The van der Waals surface area contributed by atoms with Gasteiger partial charge in [0.1, 0.15) is 0 Å². The SMILES string of the molecule is C/C(C=Nc1ccccc1)=C/Nc1ccccc1. The first-order valence-corrected chi connectivity index (χ1v) is 5.92. The summed E-state index contributed by atoms with van der Waals surface area (Å²) in [5.74, 6) is 0. The van der Waals surface area contributed by atoms with Crippen LogP contribution in [0.5, 0.6) is 0 Å². The molecular weight excluding hydrogens is 220 g/mol. The molecule has 1 N–H and O–H groups in total. The number of aliphatic imine (C=N–C) groups is 1. The maximum atomic E-state index is 4.39. The predicted molar refractivity (Wildman–Crippen MR) is 78.4 cm³/mol. The van der Waals surface area contributed by atoms with Gasteiger partial charge in [0.05, 0.1) is 5.69 Å². The monoisotopic (exact) mass is 236 g/mol. The molecule has 0 saturated carbocycles. The molecule has 2 aromatic rings. The minimum absolute atomic E-state index is 0.963. The summed E-state index contributed by atoms with van der Waals surface area (Å²) < 4.78 is 0. The van der Waals surface area contributed by atoms with Gasteiger partial charge in [-0.2, -0.15) is 0 Å². The quantitative estimate of drug-likeness (QED) is 0.781. The van der Waals surface area contributed by atoms with Gasteiger partial charge in [-0.25, -0.2) is 0 Å². The van der Waals surface area contributed by atoms with Crippen LogP contribution in [0.25, 0.3) is 0 Å². The summed E-state index contributed by atoms with van der Waals surface area (Å²) >= 11 is 0. The fraction of sp³-hybridized carbons (Fsp3) is 0.0625. The van der Waals surface area contributed by atoms with E-state index in [4.69, 9.17) is 0 Å². The van der Waals surface area contributed by atoms with Crippen molar-refractivity contribution in [3.8, 4) is 0 Å². The van der Waals surface area contributed by atoms with Crippen LogP contribution in [0.15, 0.2) is 77.4 Å². The van der Waals surface area contributed by atoms with Gasteiger partial charge in [-0.3, -0.25) is 4.99 Å². The Morgan fingerprint density at radius 3 is 2.22 bits per heavy atom. The Kier molecular flexibility index (Phi) is 4.31. The van der Waals surface area contributed by atoms with Crippen molar-refractivity contribution in [3.05, 3.63) is 72.4 Å². The summed E-state index contributed by atoms with van der Waals surface area (Å²) in [6.07, 6.45) is 3.80. The van der Waals surface area contributed by atoms with Gasteiger partial charge in [-0.15, -0.1) is 0 Å². The molecule has 0 bridgehead atoms. The minimum atomic E-state index is 0.963. The van der Waals surface area contributed by atoms with E-state index >= 15 is 0 Å². The number of anilines is 1. The van der Waals surface area contributed by atoms with Gasteiger partial charge in [0.2, 0.25) is 0 Å². The highest BCUT2D eigenvalue weighted by atomic mass is 14.8. The van der Waals surface area contributed by atoms with E-state index in [0.29, 0.717) is 0 Å². The smallest absolute Gasteiger partial charge is 0.0629 e. The molecule has 0 unspecified atom stereocenters. The largest absolute Gasteiger partial charge is 0.361 e. The molecular formula is C16H16N2. The maximum Gasteiger partial charge on any atom is 0.0629 e. The van der Waals surface area contributed by atoms with Crippen LogP contribution in [0.1, 0.15) is 6.92 Å². The van der Waals surface area contributed by atoms with Crippen molar-refractivity contribution in [1.29, 1.82) is 0 Å². The minimum Gasteiger partial charge on any atom is -0.361 e. The maximum absolute atomic E-state index is 4.39. The van der Waals surface area contributed by atoms with Crippen LogP contribution in [0, 0.1) is 0 Å². The standard InChI is InChI=1S/C16H16N2/c1-14(12-17-15-8-4-2-5-9-15)13-18-16-10-6-3-7-11-16/h2-13,17H,1H3/b14-12-,18-13?. The lowest BCUT2D eigenvalue weighted by molar-refractivity contribution is 1.48. The Morgan fingerprint density at radius 2 is 1.56 bits per heavy atom. The number of hydrogen-bond acceptors (Lipinski definition) is 2. The topological polar surface area (TPSA) is 24.4 Å². The van der Waals surface area contributed by atoms with Gasteiger partial charge in [0, 0.05) is 18.1 Å². The molecule has 0 spiro atoms. The van der Waals surface area contributed by atoms with E-state index in [2.05, 4.69) is 10.3 Å². The average molecular weight is 236 g/mol. The van der Waals surface area contributed by atoms with E-state index in [1.165, 1.54) is 0 Å². The second-order valence-electron chi connectivity index (χ2n) is 3.99. The Balaban J connectivity index is 1.96. The highest BCUT2D eigenvalue weighted by molar-refractivity contribution is 5.80. The third-order valence-corrected chi connectivity index (χ3v) is 2.41. The summed E-state index contributed by atoms with van der Waals surface area (Å²) in [6.45, 7) is 2.02. The first kappa shape index (κ1) is 12.1. The molecule has 0 aromatic heterocycles. The van der Waals surface area contributed by atoms with Crippen LogP contribution in [0.3, 0.4) is 0 Å². The van der Waals surface area contributed by atoms with Crippen LogP contribution < -0.4 is 5.32 Å².